The van der Waals surface area contributed by atoms with E-state index < -0.39 is 17.8 Å². The topological polar surface area (TPSA) is 67.4 Å². The number of hydrogen-bond donors (Lipinski definition) is 2. The zero-order valence-electron chi connectivity index (χ0n) is 24.6. The molecule has 0 radical (unpaired) electrons. The molecule has 0 heterocycles. The van der Waals surface area contributed by atoms with Crippen molar-refractivity contribution in [1.29, 1.82) is 0 Å². The Balaban J connectivity index is 1.34. The second-order valence-electron chi connectivity index (χ2n) is 10.6. The summed E-state index contributed by atoms with van der Waals surface area (Å²) in [5, 5.41) is 6.14. The summed E-state index contributed by atoms with van der Waals surface area (Å²) < 4.78 is 19.4. The van der Waals surface area contributed by atoms with E-state index in [1.165, 1.54) is 17.7 Å². The van der Waals surface area contributed by atoms with Crippen LogP contribution in [0.4, 0.5) is 4.39 Å². The second-order valence-corrected chi connectivity index (χ2v) is 11.7. The van der Waals surface area contributed by atoms with Gasteiger partial charge in [0.2, 0.25) is 0 Å². The van der Waals surface area contributed by atoms with E-state index in [1.807, 2.05) is 66.7 Å². The molecule has 3 atom stereocenters. The fourth-order valence-corrected chi connectivity index (χ4v) is 5.05. The van der Waals surface area contributed by atoms with Gasteiger partial charge in [0.05, 0.1) is 11.1 Å². The van der Waals surface area contributed by atoms with Gasteiger partial charge in [0.15, 0.2) is 5.78 Å². The molecule has 4 aromatic rings. The van der Waals surface area contributed by atoms with Gasteiger partial charge in [0.25, 0.3) is 5.91 Å². The molecule has 4 aromatic carbocycles. The fourth-order valence-electron chi connectivity index (χ4n) is 4.52. The number of benzene rings is 4. The first-order valence-electron chi connectivity index (χ1n) is 14.3. The van der Waals surface area contributed by atoms with Gasteiger partial charge in [-0.15, -0.1) is 9.24 Å². The molecule has 2 N–H and O–H groups in total. The molecule has 0 aliphatic rings. The van der Waals surface area contributed by atoms with Gasteiger partial charge in [0, 0.05) is 29.4 Å². The third kappa shape index (κ3) is 9.76. The van der Waals surface area contributed by atoms with Gasteiger partial charge >= 0.3 is 0 Å². The predicted molar refractivity (Wildman–Crippen MR) is 177 cm³/mol. The van der Waals surface area contributed by atoms with Crippen LogP contribution in [0.3, 0.4) is 0 Å². The lowest BCUT2D eigenvalue weighted by atomic mass is 9.94. The molecule has 0 aliphatic heterocycles. The monoisotopic (exact) mass is 628 g/mol. The van der Waals surface area contributed by atoms with Gasteiger partial charge in [-0.1, -0.05) is 91.9 Å². The summed E-state index contributed by atoms with van der Waals surface area (Å²) in [6.07, 6.45) is 0.284. The minimum absolute atomic E-state index is 0.109. The maximum Gasteiger partial charge on any atom is 0.251 e. The Morgan fingerprint density at radius 2 is 1.68 bits per heavy atom. The Hall–Kier alpha value is -4.01. The highest BCUT2D eigenvalue weighted by molar-refractivity contribution is 7.17. The third-order valence-electron chi connectivity index (χ3n) is 6.89. The summed E-state index contributed by atoms with van der Waals surface area (Å²) in [5.74, 6) is 5.54. The first-order chi connectivity index (χ1) is 21.2. The fraction of sp³-hybridized carbons (Fsp3) is 0.222. The lowest BCUT2D eigenvalue weighted by Crippen LogP contribution is -2.44. The van der Waals surface area contributed by atoms with Crippen LogP contribution in [-0.2, 0) is 17.8 Å². The van der Waals surface area contributed by atoms with E-state index >= 15 is 0 Å². The molecular weight excluding hydrogens is 594 g/mol. The minimum atomic E-state index is -0.770. The molecule has 0 bridgehead atoms. The second kappa shape index (κ2) is 16.2. The SMILES string of the molecule is CC(C)C(=O)C(Cc1cccc(C#CCOc2cccc(CNC(P)c3ccccc3)c2)c1)NC(=O)c1ccc(F)c(Cl)c1. The van der Waals surface area contributed by atoms with Gasteiger partial charge < -0.3 is 15.4 Å². The van der Waals surface area contributed by atoms with E-state index in [0.29, 0.717) is 6.54 Å². The van der Waals surface area contributed by atoms with E-state index in [0.717, 1.165) is 28.5 Å². The molecule has 3 unspecified atom stereocenters. The molecule has 4 rings (SSSR count). The van der Waals surface area contributed by atoms with Crippen molar-refractivity contribution in [3.8, 4) is 17.6 Å². The quantitative estimate of drug-likeness (QED) is 0.129. The van der Waals surface area contributed by atoms with Crippen molar-refractivity contribution in [1.82, 2.24) is 10.6 Å². The number of ether oxygens (including phenoxy) is 1. The first-order valence-corrected chi connectivity index (χ1v) is 15.4. The number of halogens is 2. The van der Waals surface area contributed by atoms with Gasteiger partial charge in [-0.3, -0.25) is 9.59 Å². The standard InChI is InChI=1S/C36H35ClFN2O3P/c1-24(2)34(41)33(40-35(42)29-16-17-32(38)31(37)22-29)21-26-10-6-9-25(19-26)12-8-18-43-30-15-7-11-27(20-30)23-39-36(44)28-13-4-3-5-14-28/h3-7,9-11,13-17,19-20,22,24,33,36,39H,18,21,23,44H2,1-2H3,(H,40,42). The average Bonchev–Trinajstić information content (AvgIpc) is 3.03. The van der Waals surface area contributed by atoms with Crippen molar-refractivity contribution in [2.75, 3.05) is 6.61 Å². The van der Waals surface area contributed by atoms with Crippen LogP contribution >= 0.6 is 20.8 Å². The molecule has 226 valence electrons. The van der Waals surface area contributed by atoms with Crippen molar-refractivity contribution in [3.63, 3.8) is 0 Å². The smallest absolute Gasteiger partial charge is 0.251 e. The van der Waals surface area contributed by atoms with E-state index in [-0.39, 0.29) is 41.1 Å². The molecule has 0 fully saturated rings. The van der Waals surface area contributed by atoms with Gasteiger partial charge in [-0.25, -0.2) is 4.39 Å². The highest BCUT2D eigenvalue weighted by Gasteiger charge is 2.24. The highest BCUT2D eigenvalue weighted by Crippen LogP contribution is 2.21. The number of rotatable bonds is 12. The summed E-state index contributed by atoms with van der Waals surface area (Å²) >= 11 is 5.84. The molecular formula is C36H35ClFN2O3P. The Kier molecular flexibility index (Phi) is 12.1. The third-order valence-corrected chi connectivity index (χ3v) is 7.80. The van der Waals surface area contributed by atoms with E-state index in [1.54, 1.807) is 13.8 Å². The highest BCUT2D eigenvalue weighted by atomic mass is 35.5. The van der Waals surface area contributed by atoms with Crippen molar-refractivity contribution in [2.24, 2.45) is 5.92 Å². The normalized spacial score (nSPS) is 12.1. The maximum absolute atomic E-state index is 13.6. The molecule has 0 saturated carbocycles. The first kappa shape index (κ1) is 32.9. The molecule has 44 heavy (non-hydrogen) atoms. The summed E-state index contributed by atoms with van der Waals surface area (Å²) in [5.41, 5.74) is 4.10. The average molecular weight is 629 g/mol. The molecule has 0 aliphatic carbocycles. The van der Waals surface area contributed by atoms with Crippen molar-refractivity contribution >= 4 is 32.5 Å². The van der Waals surface area contributed by atoms with Crippen molar-refractivity contribution < 1.29 is 18.7 Å². The molecule has 0 saturated heterocycles. The van der Waals surface area contributed by atoms with Crippen LogP contribution in [0.15, 0.2) is 97.1 Å². The summed E-state index contributed by atoms with van der Waals surface area (Å²) in [6.45, 7) is 4.47. The number of hydrogen-bond acceptors (Lipinski definition) is 4. The number of carbonyl (C=O) groups is 2. The van der Waals surface area contributed by atoms with Gasteiger partial charge in [-0.05, 0) is 65.6 Å². The molecule has 0 spiro atoms. The van der Waals surface area contributed by atoms with Crippen LogP contribution in [-0.4, -0.2) is 24.3 Å². The number of Topliss-reactive ketones (excluding diaryl/α,β-unsaturated/α-hetero) is 1. The van der Waals surface area contributed by atoms with E-state index in [4.69, 9.17) is 16.3 Å². The molecule has 5 nitrogen and oxygen atoms in total. The minimum Gasteiger partial charge on any atom is -0.481 e. The largest absolute Gasteiger partial charge is 0.481 e. The van der Waals surface area contributed by atoms with Crippen LogP contribution in [0.25, 0.3) is 0 Å². The molecule has 0 aromatic heterocycles. The van der Waals surface area contributed by atoms with Gasteiger partial charge in [-0.2, -0.15) is 0 Å². The lowest BCUT2D eigenvalue weighted by molar-refractivity contribution is -0.123. The summed E-state index contributed by atoms with van der Waals surface area (Å²) in [7, 11) is 2.83. The molecule has 8 heteroatoms. The predicted octanol–water partition coefficient (Wildman–Crippen LogP) is 7.14. The zero-order valence-corrected chi connectivity index (χ0v) is 26.6. The summed E-state index contributed by atoms with van der Waals surface area (Å²) in [4.78, 5) is 25.8. The number of amides is 1. The number of nitrogens with one attached hydrogen (secondary N) is 2. The van der Waals surface area contributed by atoms with Crippen molar-refractivity contribution in [3.05, 3.63) is 136 Å². The van der Waals surface area contributed by atoms with Crippen LogP contribution < -0.4 is 15.4 Å². The number of ketones is 1. The van der Waals surface area contributed by atoms with E-state index in [9.17, 15) is 14.0 Å². The Morgan fingerprint density at radius 3 is 2.43 bits per heavy atom. The van der Waals surface area contributed by atoms with Crippen LogP contribution in [0.5, 0.6) is 5.75 Å². The molecule has 1 amide bonds. The summed E-state index contributed by atoms with van der Waals surface area (Å²) in [6, 6.07) is 28.6. The van der Waals surface area contributed by atoms with Crippen molar-refractivity contribution in [2.45, 2.75) is 38.6 Å². The maximum atomic E-state index is 13.6. The van der Waals surface area contributed by atoms with Crippen LogP contribution in [0.2, 0.25) is 5.02 Å². The Labute approximate surface area is 265 Å². The Morgan fingerprint density at radius 1 is 0.932 bits per heavy atom. The zero-order chi connectivity index (χ0) is 31.5. The van der Waals surface area contributed by atoms with Gasteiger partial charge in [0.1, 0.15) is 18.2 Å². The van der Waals surface area contributed by atoms with Crippen LogP contribution in [0.1, 0.15) is 52.2 Å². The number of carbonyl (C=O) groups excluding carboxylic acids is 2. The van der Waals surface area contributed by atoms with Crippen LogP contribution in [0, 0.1) is 23.6 Å². The lowest BCUT2D eigenvalue weighted by Gasteiger charge is -2.20. The van der Waals surface area contributed by atoms with E-state index in [2.05, 4.69) is 43.8 Å². The Bertz CT molecular complexity index is 1650.